The number of halogens is 1. The molecule has 0 aliphatic heterocycles. The van der Waals surface area contributed by atoms with Crippen LogP contribution in [0.25, 0.3) is 0 Å². The van der Waals surface area contributed by atoms with Crippen molar-refractivity contribution in [3.05, 3.63) is 69.5 Å². The van der Waals surface area contributed by atoms with E-state index in [1.165, 1.54) is 6.33 Å². The van der Waals surface area contributed by atoms with Gasteiger partial charge in [-0.05, 0) is 55.3 Å². The van der Waals surface area contributed by atoms with Gasteiger partial charge in [-0.3, -0.25) is 10.1 Å². The predicted octanol–water partition coefficient (Wildman–Crippen LogP) is 6.01. The van der Waals surface area contributed by atoms with Gasteiger partial charge in [-0.25, -0.2) is 9.97 Å². The number of nitro groups is 1. The van der Waals surface area contributed by atoms with Crippen LogP contribution in [0.5, 0.6) is 5.75 Å². The number of nitrogens with zero attached hydrogens (tertiary/aromatic N) is 3. The Morgan fingerprint density at radius 2 is 1.80 bits per heavy atom. The van der Waals surface area contributed by atoms with E-state index in [2.05, 4.69) is 27.5 Å². The SMILES string of the molecule is CCCCOc1ccc(Nc2ncnc(Nc3cccc(Cl)c3C)c2[N+](=O)[O-])cc1. The van der Waals surface area contributed by atoms with E-state index < -0.39 is 4.92 Å². The molecule has 0 amide bonds. The van der Waals surface area contributed by atoms with Crippen molar-refractivity contribution >= 4 is 40.3 Å². The molecule has 2 aromatic carbocycles. The molecule has 9 heteroatoms. The highest BCUT2D eigenvalue weighted by molar-refractivity contribution is 6.31. The molecule has 1 aromatic heterocycles. The van der Waals surface area contributed by atoms with E-state index in [4.69, 9.17) is 16.3 Å². The number of ether oxygens (including phenoxy) is 1. The number of hydrogen-bond acceptors (Lipinski definition) is 7. The second-order valence-electron chi connectivity index (χ2n) is 6.57. The maximum Gasteiger partial charge on any atom is 0.353 e. The lowest BCUT2D eigenvalue weighted by Gasteiger charge is -2.12. The van der Waals surface area contributed by atoms with Gasteiger partial charge in [-0.1, -0.05) is 31.0 Å². The van der Waals surface area contributed by atoms with Crippen molar-refractivity contribution in [2.45, 2.75) is 26.7 Å². The summed E-state index contributed by atoms with van der Waals surface area (Å²) in [6, 6.07) is 12.5. The van der Waals surface area contributed by atoms with Crippen LogP contribution in [0, 0.1) is 17.0 Å². The first kappa shape index (κ1) is 21.3. The van der Waals surface area contributed by atoms with E-state index >= 15 is 0 Å². The summed E-state index contributed by atoms with van der Waals surface area (Å²) in [6.07, 6.45) is 3.30. The zero-order chi connectivity index (χ0) is 21.5. The highest BCUT2D eigenvalue weighted by atomic mass is 35.5. The molecular weight excluding hydrogens is 406 g/mol. The van der Waals surface area contributed by atoms with E-state index in [9.17, 15) is 10.1 Å². The third-order valence-electron chi connectivity index (χ3n) is 4.41. The smallest absolute Gasteiger partial charge is 0.353 e. The van der Waals surface area contributed by atoms with Gasteiger partial charge >= 0.3 is 5.69 Å². The summed E-state index contributed by atoms with van der Waals surface area (Å²) < 4.78 is 5.64. The summed E-state index contributed by atoms with van der Waals surface area (Å²) in [5.74, 6) is 0.893. The van der Waals surface area contributed by atoms with E-state index in [-0.39, 0.29) is 17.3 Å². The predicted molar refractivity (Wildman–Crippen MR) is 118 cm³/mol. The van der Waals surface area contributed by atoms with Gasteiger partial charge in [0.25, 0.3) is 0 Å². The Morgan fingerprint density at radius 1 is 1.10 bits per heavy atom. The lowest BCUT2D eigenvalue weighted by Crippen LogP contribution is -2.06. The van der Waals surface area contributed by atoms with Crippen molar-refractivity contribution in [2.75, 3.05) is 17.2 Å². The highest BCUT2D eigenvalue weighted by Gasteiger charge is 2.24. The van der Waals surface area contributed by atoms with Crippen LogP contribution in [-0.2, 0) is 0 Å². The number of anilines is 4. The summed E-state index contributed by atoms with van der Waals surface area (Å²) in [5, 5.41) is 18.3. The Balaban J connectivity index is 1.84. The second-order valence-corrected chi connectivity index (χ2v) is 6.97. The molecule has 156 valence electrons. The third-order valence-corrected chi connectivity index (χ3v) is 4.82. The van der Waals surface area contributed by atoms with Gasteiger partial charge in [-0.2, -0.15) is 0 Å². The fourth-order valence-electron chi connectivity index (χ4n) is 2.71. The van der Waals surface area contributed by atoms with Gasteiger partial charge in [0.1, 0.15) is 12.1 Å². The molecule has 1 heterocycles. The number of rotatable bonds is 9. The normalized spacial score (nSPS) is 10.5. The lowest BCUT2D eigenvalue weighted by molar-refractivity contribution is -0.383. The van der Waals surface area contributed by atoms with Crippen molar-refractivity contribution in [1.29, 1.82) is 0 Å². The van der Waals surface area contributed by atoms with Gasteiger partial charge in [0.2, 0.25) is 11.6 Å². The molecule has 0 aliphatic carbocycles. The molecule has 3 rings (SSSR count). The molecule has 0 atom stereocenters. The van der Waals surface area contributed by atoms with Crippen LogP contribution in [0.1, 0.15) is 25.3 Å². The lowest BCUT2D eigenvalue weighted by atomic mass is 10.2. The quantitative estimate of drug-likeness (QED) is 0.245. The standard InChI is InChI=1S/C21H22ClN5O3/c1-3-4-12-30-16-10-8-15(9-11-16)25-20-19(27(28)29)21(24-13-23-20)26-18-7-5-6-17(22)14(18)2/h5-11,13H,3-4,12H2,1-2H3,(H2,23,24,25,26). The van der Waals surface area contributed by atoms with Crippen molar-refractivity contribution < 1.29 is 9.66 Å². The van der Waals surface area contributed by atoms with Crippen molar-refractivity contribution in [1.82, 2.24) is 9.97 Å². The number of unbranched alkanes of at least 4 members (excludes halogenated alkanes) is 1. The summed E-state index contributed by atoms with van der Waals surface area (Å²) in [4.78, 5) is 19.4. The molecule has 0 bridgehead atoms. The maximum atomic E-state index is 11.8. The zero-order valence-corrected chi connectivity index (χ0v) is 17.4. The first-order chi connectivity index (χ1) is 14.5. The summed E-state index contributed by atoms with van der Waals surface area (Å²) in [7, 11) is 0. The zero-order valence-electron chi connectivity index (χ0n) is 16.7. The molecule has 0 saturated carbocycles. The minimum atomic E-state index is -0.521. The molecule has 0 fully saturated rings. The van der Waals surface area contributed by atoms with Gasteiger partial charge in [0.05, 0.1) is 11.5 Å². The molecule has 0 saturated heterocycles. The Morgan fingerprint density at radius 3 is 2.47 bits per heavy atom. The van der Waals surface area contributed by atoms with Crippen molar-refractivity contribution in [3.63, 3.8) is 0 Å². The van der Waals surface area contributed by atoms with Crippen LogP contribution in [0.15, 0.2) is 48.8 Å². The summed E-state index contributed by atoms with van der Waals surface area (Å²) >= 11 is 6.14. The molecule has 3 aromatic rings. The molecule has 8 nitrogen and oxygen atoms in total. The second kappa shape index (κ2) is 9.89. The minimum absolute atomic E-state index is 0.0717. The Labute approximate surface area is 179 Å². The number of hydrogen-bond donors (Lipinski definition) is 2. The monoisotopic (exact) mass is 427 g/mol. The summed E-state index contributed by atoms with van der Waals surface area (Å²) in [5.41, 5.74) is 1.77. The maximum absolute atomic E-state index is 11.8. The van der Waals surface area contributed by atoms with Crippen LogP contribution in [0.4, 0.5) is 28.7 Å². The fraction of sp³-hybridized carbons (Fsp3) is 0.238. The molecular formula is C21H22ClN5O3. The Hall–Kier alpha value is -3.39. The van der Waals surface area contributed by atoms with E-state index in [0.717, 1.165) is 24.2 Å². The molecule has 0 aliphatic rings. The number of benzene rings is 2. The van der Waals surface area contributed by atoms with Gasteiger partial charge in [-0.15, -0.1) is 0 Å². The van der Waals surface area contributed by atoms with E-state index in [1.807, 2.05) is 6.92 Å². The van der Waals surface area contributed by atoms with Crippen LogP contribution < -0.4 is 15.4 Å². The molecule has 0 radical (unpaired) electrons. The van der Waals surface area contributed by atoms with Gasteiger partial charge < -0.3 is 15.4 Å². The fourth-order valence-corrected chi connectivity index (χ4v) is 2.89. The molecule has 30 heavy (non-hydrogen) atoms. The van der Waals surface area contributed by atoms with Gasteiger partial charge in [0.15, 0.2) is 0 Å². The van der Waals surface area contributed by atoms with Gasteiger partial charge in [0, 0.05) is 16.4 Å². The average Bonchev–Trinajstić information content (AvgIpc) is 2.73. The van der Waals surface area contributed by atoms with Crippen LogP contribution in [0.2, 0.25) is 5.02 Å². The number of nitrogens with one attached hydrogen (secondary N) is 2. The molecule has 0 spiro atoms. The first-order valence-electron chi connectivity index (χ1n) is 9.51. The van der Waals surface area contributed by atoms with Crippen molar-refractivity contribution in [2.24, 2.45) is 0 Å². The van der Waals surface area contributed by atoms with Crippen LogP contribution in [-0.4, -0.2) is 21.5 Å². The molecule has 2 N–H and O–H groups in total. The molecule has 0 unspecified atom stereocenters. The average molecular weight is 428 g/mol. The first-order valence-corrected chi connectivity index (χ1v) is 9.88. The third kappa shape index (κ3) is 5.15. The topological polar surface area (TPSA) is 102 Å². The Kier molecular flexibility index (Phi) is 7.03. The number of aromatic nitrogens is 2. The van der Waals surface area contributed by atoms with Crippen LogP contribution >= 0.6 is 11.6 Å². The summed E-state index contributed by atoms with van der Waals surface area (Å²) in [6.45, 7) is 4.57. The highest BCUT2D eigenvalue weighted by Crippen LogP contribution is 2.34. The largest absolute Gasteiger partial charge is 0.494 e. The van der Waals surface area contributed by atoms with Crippen LogP contribution in [0.3, 0.4) is 0 Å². The Bertz CT molecular complexity index is 1030. The van der Waals surface area contributed by atoms with Crippen molar-refractivity contribution in [3.8, 4) is 5.75 Å². The van der Waals surface area contributed by atoms with E-state index in [0.29, 0.717) is 23.0 Å². The van der Waals surface area contributed by atoms with E-state index in [1.54, 1.807) is 42.5 Å². The minimum Gasteiger partial charge on any atom is -0.494 e.